The maximum absolute atomic E-state index is 12.7. The number of likely N-dealkylation sites (tertiary alicyclic amines) is 1. The molecule has 29 heavy (non-hydrogen) atoms. The molecule has 1 fully saturated rings. The average Bonchev–Trinajstić information content (AvgIpc) is 3.23. The number of nitrogens with zero attached hydrogens (tertiary/aromatic N) is 1. The molecule has 1 heterocycles. The van der Waals surface area contributed by atoms with Crippen molar-refractivity contribution in [3.63, 3.8) is 0 Å². The maximum Gasteiger partial charge on any atom is 0.254 e. The van der Waals surface area contributed by atoms with Crippen molar-refractivity contribution in [2.24, 2.45) is 0 Å². The van der Waals surface area contributed by atoms with E-state index in [1.54, 1.807) is 49.4 Å². The van der Waals surface area contributed by atoms with E-state index < -0.39 is 15.7 Å². The standard InChI is InChI=1S/C22H26N2O4S/c1-16-8-10-18(11-9-16)29(27,28)15-12-21(25)23-20-7-5-6-19(17(20)2)22(26)24-13-3-4-14-24/h5-11H,3-4,12-15H2,1-2H3,(H,23,25). The Morgan fingerprint density at radius 2 is 1.66 bits per heavy atom. The highest BCUT2D eigenvalue weighted by Crippen LogP contribution is 2.22. The number of amides is 2. The van der Waals surface area contributed by atoms with Gasteiger partial charge in [-0.05, 0) is 56.5 Å². The topological polar surface area (TPSA) is 83.5 Å². The predicted molar refractivity (Wildman–Crippen MR) is 113 cm³/mol. The quantitative estimate of drug-likeness (QED) is 0.786. The van der Waals surface area contributed by atoms with E-state index in [2.05, 4.69) is 5.32 Å². The Kier molecular flexibility index (Phi) is 6.37. The molecule has 6 nitrogen and oxygen atoms in total. The van der Waals surface area contributed by atoms with Crippen molar-refractivity contribution < 1.29 is 18.0 Å². The summed E-state index contributed by atoms with van der Waals surface area (Å²) in [6, 6.07) is 11.8. The van der Waals surface area contributed by atoms with Gasteiger partial charge in [0.2, 0.25) is 5.91 Å². The summed E-state index contributed by atoms with van der Waals surface area (Å²) in [7, 11) is -3.53. The molecular formula is C22H26N2O4S. The summed E-state index contributed by atoms with van der Waals surface area (Å²) in [6.07, 6.45) is 1.87. The molecule has 3 rings (SSSR count). The van der Waals surface area contributed by atoms with Crippen LogP contribution < -0.4 is 5.32 Å². The van der Waals surface area contributed by atoms with Crippen LogP contribution in [0.5, 0.6) is 0 Å². The van der Waals surface area contributed by atoms with Gasteiger partial charge >= 0.3 is 0 Å². The Hall–Kier alpha value is -2.67. The van der Waals surface area contributed by atoms with E-state index in [0.717, 1.165) is 31.5 Å². The van der Waals surface area contributed by atoms with Crippen LogP contribution in [-0.2, 0) is 14.6 Å². The Bertz CT molecular complexity index is 1010. The second-order valence-corrected chi connectivity index (χ2v) is 9.52. The summed E-state index contributed by atoms with van der Waals surface area (Å²) in [5.41, 5.74) is 2.77. The monoisotopic (exact) mass is 414 g/mol. The van der Waals surface area contributed by atoms with Gasteiger partial charge in [-0.3, -0.25) is 9.59 Å². The second-order valence-electron chi connectivity index (χ2n) is 7.41. The molecule has 2 aromatic carbocycles. The molecule has 1 aliphatic heterocycles. The summed E-state index contributed by atoms with van der Waals surface area (Å²) < 4.78 is 24.9. The van der Waals surface area contributed by atoms with Gasteiger partial charge in [-0.25, -0.2) is 8.42 Å². The molecule has 0 aromatic heterocycles. The van der Waals surface area contributed by atoms with Crippen LogP contribution in [0.2, 0.25) is 0 Å². The van der Waals surface area contributed by atoms with Gasteiger partial charge in [0.1, 0.15) is 0 Å². The second kappa shape index (κ2) is 8.78. The minimum atomic E-state index is -3.53. The van der Waals surface area contributed by atoms with Crippen molar-refractivity contribution in [2.45, 2.75) is 38.0 Å². The molecule has 0 radical (unpaired) electrons. The zero-order chi connectivity index (χ0) is 21.0. The van der Waals surface area contributed by atoms with Crippen molar-refractivity contribution in [2.75, 3.05) is 24.2 Å². The van der Waals surface area contributed by atoms with Gasteiger partial charge in [0.15, 0.2) is 9.84 Å². The predicted octanol–water partition coefficient (Wildman–Crippen LogP) is 3.34. The number of hydrogen-bond donors (Lipinski definition) is 1. The number of aryl methyl sites for hydroxylation is 1. The average molecular weight is 415 g/mol. The van der Waals surface area contributed by atoms with Gasteiger partial charge in [0, 0.05) is 30.8 Å². The van der Waals surface area contributed by atoms with Crippen LogP contribution in [0.25, 0.3) is 0 Å². The SMILES string of the molecule is Cc1ccc(S(=O)(=O)CCC(=O)Nc2cccc(C(=O)N3CCCC3)c2C)cc1. The molecule has 0 saturated carbocycles. The normalized spacial score (nSPS) is 14.1. The van der Waals surface area contributed by atoms with Crippen LogP contribution in [0.4, 0.5) is 5.69 Å². The first kappa shape index (κ1) is 21.0. The van der Waals surface area contributed by atoms with E-state index >= 15 is 0 Å². The van der Waals surface area contributed by atoms with E-state index in [-0.39, 0.29) is 23.0 Å². The smallest absolute Gasteiger partial charge is 0.254 e. The Labute approximate surface area is 171 Å². The first-order valence-electron chi connectivity index (χ1n) is 9.76. The minimum Gasteiger partial charge on any atom is -0.339 e. The molecular weight excluding hydrogens is 388 g/mol. The number of carbonyl (C=O) groups is 2. The van der Waals surface area contributed by atoms with Crippen molar-refractivity contribution in [3.05, 3.63) is 59.2 Å². The van der Waals surface area contributed by atoms with Gasteiger partial charge < -0.3 is 10.2 Å². The molecule has 0 bridgehead atoms. The molecule has 154 valence electrons. The van der Waals surface area contributed by atoms with Gasteiger partial charge in [0.05, 0.1) is 10.6 Å². The van der Waals surface area contributed by atoms with Crippen molar-refractivity contribution in [1.82, 2.24) is 4.90 Å². The fourth-order valence-electron chi connectivity index (χ4n) is 3.40. The molecule has 1 aliphatic rings. The van der Waals surface area contributed by atoms with Crippen molar-refractivity contribution >= 4 is 27.3 Å². The van der Waals surface area contributed by atoms with E-state index in [1.807, 2.05) is 11.8 Å². The van der Waals surface area contributed by atoms with Gasteiger partial charge in [-0.15, -0.1) is 0 Å². The lowest BCUT2D eigenvalue weighted by Crippen LogP contribution is -2.28. The zero-order valence-electron chi connectivity index (χ0n) is 16.8. The molecule has 2 amide bonds. The van der Waals surface area contributed by atoms with Crippen LogP contribution >= 0.6 is 0 Å². The molecule has 1 saturated heterocycles. The highest BCUT2D eigenvalue weighted by molar-refractivity contribution is 7.91. The third-order valence-corrected chi connectivity index (χ3v) is 6.94. The number of rotatable bonds is 6. The number of hydrogen-bond acceptors (Lipinski definition) is 4. The molecule has 0 atom stereocenters. The summed E-state index contributed by atoms with van der Waals surface area (Å²) in [6.45, 7) is 5.19. The highest BCUT2D eigenvalue weighted by Gasteiger charge is 2.22. The van der Waals surface area contributed by atoms with E-state index in [0.29, 0.717) is 16.8 Å². The molecule has 0 aliphatic carbocycles. The first-order chi connectivity index (χ1) is 13.8. The number of nitrogens with one attached hydrogen (secondary N) is 1. The van der Waals surface area contributed by atoms with Gasteiger partial charge in [0.25, 0.3) is 5.91 Å². The number of sulfone groups is 1. The minimum absolute atomic E-state index is 0.0296. The summed E-state index contributed by atoms with van der Waals surface area (Å²) in [4.78, 5) is 27.1. The highest BCUT2D eigenvalue weighted by atomic mass is 32.2. The molecule has 1 N–H and O–H groups in total. The lowest BCUT2D eigenvalue weighted by atomic mass is 10.1. The Morgan fingerprint density at radius 1 is 1.00 bits per heavy atom. The molecule has 0 spiro atoms. The van der Waals surface area contributed by atoms with Crippen LogP contribution in [0.3, 0.4) is 0 Å². The Balaban J connectivity index is 1.65. The third-order valence-electron chi connectivity index (χ3n) is 5.21. The van der Waals surface area contributed by atoms with E-state index in [9.17, 15) is 18.0 Å². The summed E-state index contributed by atoms with van der Waals surface area (Å²) in [5.74, 6) is -0.694. The fourth-order valence-corrected chi connectivity index (χ4v) is 4.64. The zero-order valence-corrected chi connectivity index (χ0v) is 17.6. The van der Waals surface area contributed by atoms with Crippen LogP contribution in [-0.4, -0.2) is 44.0 Å². The number of anilines is 1. The van der Waals surface area contributed by atoms with Gasteiger partial charge in [-0.1, -0.05) is 23.8 Å². The van der Waals surface area contributed by atoms with Gasteiger partial charge in [-0.2, -0.15) is 0 Å². The largest absolute Gasteiger partial charge is 0.339 e. The first-order valence-corrected chi connectivity index (χ1v) is 11.4. The summed E-state index contributed by atoms with van der Waals surface area (Å²) >= 11 is 0. The van der Waals surface area contributed by atoms with E-state index in [4.69, 9.17) is 0 Å². The van der Waals surface area contributed by atoms with E-state index in [1.165, 1.54) is 0 Å². The lowest BCUT2D eigenvalue weighted by Gasteiger charge is -2.18. The van der Waals surface area contributed by atoms with Crippen LogP contribution in [0.1, 0.15) is 40.7 Å². The number of benzene rings is 2. The van der Waals surface area contributed by atoms with Crippen molar-refractivity contribution in [1.29, 1.82) is 0 Å². The van der Waals surface area contributed by atoms with Crippen LogP contribution in [0.15, 0.2) is 47.4 Å². The Morgan fingerprint density at radius 3 is 2.31 bits per heavy atom. The molecule has 0 unspecified atom stereocenters. The molecule has 7 heteroatoms. The molecule has 2 aromatic rings. The maximum atomic E-state index is 12.7. The fraction of sp³-hybridized carbons (Fsp3) is 0.364. The summed E-state index contributed by atoms with van der Waals surface area (Å²) in [5, 5.41) is 2.76. The lowest BCUT2D eigenvalue weighted by molar-refractivity contribution is -0.115. The third kappa shape index (κ3) is 5.03. The number of carbonyl (C=O) groups excluding carboxylic acids is 2. The van der Waals surface area contributed by atoms with Crippen LogP contribution in [0, 0.1) is 13.8 Å². The van der Waals surface area contributed by atoms with Crippen molar-refractivity contribution in [3.8, 4) is 0 Å².